The van der Waals surface area contributed by atoms with E-state index >= 15 is 0 Å². The lowest BCUT2D eigenvalue weighted by Crippen LogP contribution is -2.25. The highest BCUT2D eigenvalue weighted by molar-refractivity contribution is 6.47. The summed E-state index contributed by atoms with van der Waals surface area (Å²) in [5.74, 6) is 0. The lowest BCUT2D eigenvalue weighted by Gasteiger charge is -2.19. The summed E-state index contributed by atoms with van der Waals surface area (Å²) >= 11 is 0. The summed E-state index contributed by atoms with van der Waals surface area (Å²) in [6.07, 6.45) is 6.95. The Morgan fingerprint density at radius 1 is 1.31 bits per heavy atom. The van der Waals surface area contributed by atoms with E-state index in [-0.39, 0.29) is 0 Å². The molecule has 0 saturated heterocycles. The Balaban J connectivity index is 3.78. The number of allylic oxidation sites excluding steroid dienone is 1. The largest absolute Gasteiger partial charge is 0.400 e. The summed E-state index contributed by atoms with van der Waals surface area (Å²) < 4.78 is 10.7. The summed E-state index contributed by atoms with van der Waals surface area (Å²) in [4.78, 5) is 0. The summed E-state index contributed by atoms with van der Waals surface area (Å²) in [6, 6.07) is 0. The quantitative estimate of drug-likeness (QED) is 0.342. The van der Waals surface area contributed by atoms with Gasteiger partial charge in [0.25, 0.3) is 0 Å². The fourth-order valence-corrected chi connectivity index (χ4v) is 3.06. The van der Waals surface area contributed by atoms with Crippen molar-refractivity contribution >= 4 is 9.28 Å². The van der Waals surface area contributed by atoms with Gasteiger partial charge in [-0.3, -0.25) is 0 Å². The first-order valence-corrected chi connectivity index (χ1v) is 6.59. The van der Waals surface area contributed by atoms with Crippen LogP contribution in [-0.4, -0.2) is 23.5 Å². The molecule has 3 heteroatoms. The first kappa shape index (κ1) is 12.9. The van der Waals surface area contributed by atoms with Crippen LogP contribution in [0.5, 0.6) is 0 Å². The highest BCUT2D eigenvalue weighted by atomic mass is 28.3. The van der Waals surface area contributed by atoms with Crippen LogP contribution in [0.3, 0.4) is 0 Å². The van der Waals surface area contributed by atoms with Gasteiger partial charge in [0, 0.05) is 19.8 Å². The molecule has 0 amide bonds. The smallest absolute Gasteiger partial charge is 0.327 e. The van der Waals surface area contributed by atoms with Gasteiger partial charge in [-0.2, -0.15) is 0 Å². The Hall–Kier alpha value is -0.123. The predicted octanol–water partition coefficient (Wildman–Crippen LogP) is 2.64. The fraction of sp³-hybridized carbons (Fsp3) is 0.800. The van der Waals surface area contributed by atoms with Gasteiger partial charge in [0.05, 0.1) is 0 Å². The molecule has 13 heavy (non-hydrogen) atoms. The molecule has 0 bridgehead atoms. The van der Waals surface area contributed by atoms with E-state index in [0.717, 1.165) is 6.42 Å². The topological polar surface area (TPSA) is 18.5 Å². The van der Waals surface area contributed by atoms with Crippen LogP contribution in [0.25, 0.3) is 0 Å². The van der Waals surface area contributed by atoms with Crippen LogP contribution < -0.4 is 0 Å². The maximum absolute atomic E-state index is 5.33. The molecular formula is C10H22O2Si. The van der Waals surface area contributed by atoms with Gasteiger partial charge in [-0.1, -0.05) is 32.3 Å². The third-order valence-corrected chi connectivity index (χ3v) is 4.49. The van der Waals surface area contributed by atoms with E-state index < -0.39 is 9.28 Å². The normalized spacial score (nSPS) is 13.2. The molecule has 0 fully saturated rings. The molecule has 2 nitrogen and oxygen atoms in total. The van der Waals surface area contributed by atoms with Crippen LogP contribution in [0.4, 0.5) is 0 Å². The van der Waals surface area contributed by atoms with E-state index in [1.54, 1.807) is 14.2 Å². The third kappa shape index (κ3) is 5.24. The average molecular weight is 202 g/mol. The minimum absolute atomic E-state index is 0.460. The van der Waals surface area contributed by atoms with Crippen LogP contribution in [0, 0.1) is 0 Å². The second-order valence-corrected chi connectivity index (χ2v) is 5.77. The summed E-state index contributed by atoms with van der Waals surface area (Å²) in [6.45, 7) is 6.04. The Morgan fingerprint density at radius 3 is 2.31 bits per heavy atom. The van der Waals surface area contributed by atoms with Crippen molar-refractivity contribution in [3.63, 3.8) is 0 Å². The molecule has 78 valence electrons. The molecule has 0 rings (SSSR count). The van der Waals surface area contributed by atoms with E-state index in [2.05, 4.69) is 13.5 Å². The van der Waals surface area contributed by atoms with Crippen molar-refractivity contribution < 1.29 is 8.85 Å². The van der Waals surface area contributed by atoms with Crippen LogP contribution in [-0.2, 0) is 8.85 Å². The second kappa shape index (κ2) is 8.47. The summed E-state index contributed by atoms with van der Waals surface area (Å²) in [5.41, 5.74) is 0.460. The summed E-state index contributed by atoms with van der Waals surface area (Å²) in [7, 11) is 2.00. The molecule has 1 atom stereocenters. The molecular weight excluding hydrogens is 180 g/mol. The Bertz CT molecular complexity index is 124. The molecule has 0 aromatic carbocycles. The van der Waals surface area contributed by atoms with E-state index in [1.165, 1.54) is 19.3 Å². The number of unbranched alkanes of at least 4 members (excludes halogenated alkanes) is 2. The first-order valence-electron chi connectivity index (χ1n) is 4.98. The number of hydrogen-bond acceptors (Lipinski definition) is 2. The third-order valence-electron chi connectivity index (χ3n) is 2.26. The minimum atomic E-state index is -1.47. The monoisotopic (exact) mass is 202 g/mol. The maximum Gasteiger partial charge on any atom is 0.327 e. The van der Waals surface area contributed by atoms with Crippen LogP contribution in [0.15, 0.2) is 12.7 Å². The van der Waals surface area contributed by atoms with Gasteiger partial charge in [-0.05, 0) is 6.42 Å². The van der Waals surface area contributed by atoms with Crippen molar-refractivity contribution in [3.8, 4) is 0 Å². The van der Waals surface area contributed by atoms with Gasteiger partial charge in [-0.15, -0.1) is 6.58 Å². The molecule has 0 aromatic heterocycles. The zero-order valence-corrected chi connectivity index (χ0v) is 10.2. The lowest BCUT2D eigenvalue weighted by molar-refractivity contribution is 0.268. The zero-order valence-electron chi connectivity index (χ0n) is 9.08. The maximum atomic E-state index is 5.33. The Labute approximate surface area is 83.8 Å². The molecule has 0 aliphatic carbocycles. The number of hydrogen-bond donors (Lipinski definition) is 0. The van der Waals surface area contributed by atoms with Gasteiger partial charge < -0.3 is 8.85 Å². The molecule has 0 radical (unpaired) electrons. The zero-order chi connectivity index (χ0) is 10.1. The van der Waals surface area contributed by atoms with Crippen molar-refractivity contribution in [1.29, 1.82) is 0 Å². The van der Waals surface area contributed by atoms with E-state index in [4.69, 9.17) is 8.85 Å². The van der Waals surface area contributed by atoms with Crippen molar-refractivity contribution in [2.45, 2.75) is 38.1 Å². The molecule has 0 aromatic rings. The lowest BCUT2D eigenvalue weighted by atomic mass is 10.1. The Kier molecular flexibility index (Phi) is 8.39. The van der Waals surface area contributed by atoms with Crippen LogP contribution in [0.2, 0.25) is 5.54 Å². The van der Waals surface area contributed by atoms with Gasteiger partial charge in [0.15, 0.2) is 0 Å². The van der Waals surface area contributed by atoms with Gasteiger partial charge >= 0.3 is 9.28 Å². The van der Waals surface area contributed by atoms with E-state index in [9.17, 15) is 0 Å². The van der Waals surface area contributed by atoms with Crippen LogP contribution in [0.1, 0.15) is 32.6 Å². The molecule has 0 heterocycles. The Morgan fingerprint density at radius 2 is 1.92 bits per heavy atom. The molecule has 0 saturated carbocycles. The minimum Gasteiger partial charge on any atom is -0.400 e. The highest BCUT2D eigenvalue weighted by Crippen LogP contribution is 2.21. The van der Waals surface area contributed by atoms with Crippen molar-refractivity contribution in [1.82, 2.24) is 0 Å². The van der Waals surface area contributed by atoms with E-state index in [1.807, 2.05) is 6.08 Å². The van der Waals surface area contributed by atoms with Crippen molar-refractivity contribution in [2.24, 2.45) is 0 Å². The van der Waals surface area contributed by atoms with Crippen molar-refractivity contribution in [3.05, 3.63) is 12.7 Å². The van der Waals surface area contributed by atoms with E-state index in [0.29, 0.717) is 5.54 Å². The molecule has 0 aliphatic rings. The van der Waals surface area contributed by atoms with Crippen LogP contribution >= 0.6 is 0 Å². The van der Waals surface area contributed by atoms with Gasteiger partial charge in [0.2, 0.25) is 0 Å². The van der Waals surface area contributed by atoms with Gasteiger partial charge in [0.1, 0.15) is 0 Å². The fourth-order valence-electron chi connectivity index (χ4n) is 1.44. The molecule has 0 aliphatic heterocycles. The molecule has 1 unspecified atom stereocenters. The highest BCUT2D eigenvalue weighted by Gasteiger charge is 2.20. The van der Waals surface area contributed by atoms with Gasteiger partial charge in [-0.25, -0.2) is 0 Å². The molecule has 0 spiro atoms. The first-order chi connectivity index (χ1) is 6.29. The molecule has 0 N–H and O–H groups in total. The number of rotatable bonds is 8. The van der Waals surface area contributed by atoms with Crippen molar-refractivity contribution in [2.75, 3.05) is 14.2 Å². The average Bonchev–Trinajstić information content (AvgIpc) is 2.17. The second-order valence-electron chi connectivity index (χ2n) is 3.24. The predicted molar refractivity (Wildman–Crippen MR) is 59.3 cm³/mol. The summed E-state index contributed by atoms with van der Waals surface area (Å²) in [5, 5.41) is 0. The standard InChI is InChI=1S/C10H22O2Si/c1-5-7-8-9-10(6-2)13(11-3)12-4/h6,10,13H,2,5,7-9H2,1,3-4H3. The SMILES string of the molecule is C=CC(CCCCC)[SiH](OC)OC.